The normalized spacial score (nSPS) is 10.6. The molecule has 21 heavy (non-hydrogen) atoms. The van der Waals surface area contributed by atoms with Crippen molar-refractivity contribution >= 4 is 0 Å². The summed E-state index contributed by atoms with van der Waals surface area (Å²) in [6, 6.07) is 8.07. The second-order valence-electron chi connectivity index (χ2n) is 5.07. The lowest BCUT2D eigenvalue weighted by atomic mass is 10.1. The van der Waals surface area contributed by atoms with Gasteiger partial charge in [-0.15, -0.1) is 0 Å². The van der Waals surface area contributed by atoms with Gasteiger partial charge in [-0.3, -0.25) is 4.98 Å². The smallest absolute Gasteiger partial charge is 0.213 e. The predicted octanol–water partition coefficient (Wildman–Crippen LogP) is 2.90. The quantitative estimate of drug-likeness (QED) is 0.758. The number of pyridine rings is 2. The SMILES string of the molecule is CCCc1cc(CN)cc(OCCCc2ccncc2)n1. The van der Waals surface area contributed by atoms with Gasteiger partial charge < -0.3 is 10.5 Å². The van der Waals surface area contributed by atoms with E-state index in [1.165, 1.54) is 5.56 Å². The fraction of sp³-hybridized carbons (Fsp3) is 0.412. The average molecular weight is 285 g/mol. The van der Waals surface area contributed by atoms with Crippen LogP contribution >= 0.6 is 0 Å². The van der Waals surface area contributed by atoms with Crippen LogP contribution < -0.4 is 10.5 Å². The summed E-state index contributed by atoms with van der Waals surface area (Å²) in [4.78, 5) is 8.54. The molecule has 0 bridgehead atoms. The summed E-state index contributed by atoms with van der Waals surface area (Å²) in [5, 5.41) is 0. The van der Waals surface area contributed by atoms with Crippen molar-refractivity contribution in [3.05, 3.63) is 53.5 Å². The van der Waals surface area contributed by atoms with Crippen LogP contribution in [0.1, 0.15) is 36.6 Å². The third-order valence-corrected chi connectivity index (χ3v) is 3.27. The van der Waals surface area contributed by atoms with Crippen LogP contribution in [0.15, 0.2) is 36.7 Å². The fourth-order valence-electron chi connectivity index (χ4n) is 2.20. The summed E-state index contributed by atoms with van der Waals surface area (Å²) in [5.41, 5.74) is 9.15. The van der Waals surface area contributed by atoms with E-state index in [4.69, 9.17) is 10.5 Å². The number of aromatic nitrogens is 2. The summed E-state index contributed by atoms with van der Waals surface area (Å²) in [5.74, 6) is 0.691. The molecule has 112 valence electrons. The number of aryl methyl sites for hydroxylation is 2. The van der Waals surface area contributed by atoms with Crippen LogP contribution in [0.4, 0.5) is 0 Å². The molecule has 0 aliphatic carbocycles. The molecule has 0 spiro atoms. The molecule has 4 heteroatoms. The molecule has 0 atom stereocenters. The first-order valence-electron chi connectivity index (χ1n) is 7.53. The molecule has 0 aromatic carbocycles. The number of hydrogen-bond acceptors (Lipinski definition) is 4. The van der Waals surface area contributed by atoms with E-state index in [-0.39, 0.29) is 0 Å². The van der Waals surface area contributed by atoms with Gasteiger partial charge in [0.15, 0.2) is 0 Å². The minimum Gasteiger partial charge on any atom is -0.478 e. The minimum absolute atomic E-state index is 0.520. The van der Waals surface area contributed by atoms with Gasteiger partial charge in [0.2, 0.25) is 5.88 Å². The van der Waals surface area contributed by atoms with Gasteiger partial charge in [0.25, 0.3) is 0 Å². The molecule has 2 aromatic heterocycles. The van der Waals surface area contributed by atoms with Crippen molar-refractivity contribution in [3.63, 3.8) is 0 Å². The lowest BCUT2D eigenvalue weighted by Gasteiger charge is -2.09. The predicted molar refractivity (Wildman–Crippen MR) is 84.2 cm³/mol. The van der Waals surface area contributed by atoms with Crippen LogP contribution in [-0.2, 0) is 19.4 Å². The fourth-order valence-corrected chi connectivity index (χ4v) is 2.20. The zero-order valence-corrected chi connectivity index (χ0v) is 12.6. The molecule has 2 N–H and O–H groups in total. The maximum absolute atomic E-state index is 5.77. The van der Waals surface area contributed by atoms with Gasteiger partial charge in [-0.1, -0.05) is 13.3 Å². The van der Waals surface area contributed by atoms with Crippen molar-refractivity contribution in [1.82, 2.24) is 9.97 Å². The standard InChI is InChI=1S/C17H23N3O/c1-2-4-16-11-15(13-18)12-17(20-16)21-10-3-5-14-6-8-19-9-7-14/h6-9,11-12H,2-5,10,13,18H2,1H3. The Bertz CT molecular complexity index is 543. The highest BCUT2D eigenvalue weighted by Gasteiger charge is 2.03. The average Bonchev–Trinajstić information content (AvgIpc) is 2.53. The van der Waals surface area contributed by atoms with E-state index in [2.05, 4.69) is 23.0 Å². The maximum Gasteiger partial charge on any atom is 0.213 e. The molecular formula is C17H23N3O. The molecular weight excluding hydrogens is 262 g/mol. The van der Waals surface area contributed by atoms with Gasteiger partial charge in [-0.05, 0) is 48.6 Å². The zero-order valence-electron chi connectivity index (χ0n) is 12.6. The van der Waals surface area contributed by atoms with Gasteiger partial charge in [-0.25, -0.2) is 4.98 Å². The number of hydrogen-bond donors (Lipinski definition) is 1. The molecule has 0 aliphatic heterocycles. The zero-order chi connectivity index (χ0) is 14.9. The Hall–Kier alpha value is -1.94. The van der Waals surface area contributed by atoms with Gasteiger partial charge in [0, 0.05) is 30.7 Å². The van der Waals surface area contributed by atoms with Crippen LogP contribution in [0.25, 0.3) is 0 Å². The van der Waals surface area contributed by atoms with E-state index in [9.17, 15) is 0 Å². The van der Waals surface area contributed by atoms with Crippen molar-refractivity contribution in [2.24, 2.45) is 5.73 Å². The molecule has 0 unspecified atom stereocenters. The first-order chi connectivity index (χ1) is 10.3. The second-order valence-corrected chi connectivity index (χ2v) is 5.07. The summed E-state index contributed by atoms with van der Waals surface area (Å²) < 4.78 is 5.77. The van der Waals surface area contributed by atoms with Gasteiger partial charge in [-0.2, -0.15) is 0 Å². The van der Waals surface area contributed by atoms with Gasteiger partial charge in [0.1, 0.15) is 0 Å². The number of nitrogens with two attached hydrogens (primary N) is 1. The number of nitrogens with zero attached hydrogens (tertiary/aromatic N) is 2. The van der Waals surface area contributed by atoms with E-state index >= 15 is 0 Å². The molecule has 2 rings (SSSR count). The minimum atomic E-state index is 0.520. The molecule has 0 radical (unpaired) electrons. The summed E-state index contributed by atoms with van der Waals surface area (Å²) in [6.07, 6.45) is 7.62. The highest BCUT2D eigenvalue weighted by atomic mass is 16.5. The molecule has 0 aliphatic rings. The number of rotatable bonds is 8. The van der Waals surface area contributed by atoms with Gasteiger partial charge >= 0.3 is 0 Å². The Kier molecular flexibility index (Phi) is 6.16. The van der Waals surface area contributed by atoms with Crippen molar-refractivity contribution in [3.8, 4) is 5.88 Å². The van der Waals surface area contributed by atoms with E-state index in [0.717, 1.165) is 36.9 Å². The highest BCUT2D eigenvalue weighted by molar-refractivity contribution is 5.25. The lowest BCUT2D eigenvalue weighted by molar-refractivity contribution is 0.298. The lowest BCUT2D eigenvalue weighted by Crippen LogP contribution is -2.05. The summed E-state index contributed by atoms with van der Waals surface area (Å²) in [7, 11) is 0. The molecule has 0 saturated heterocycles. The topological polar surface area (TPSA) is 61.0 Å². The molecule has 0 amide bonds. The third kappa shape index (κ3) is 5.16. The van der Waals surface area contributed by atoms with Crippen LogP contribution in [0.2, 0.25) is 0 Å². The van der Waals surface area contributed by atoms with E-state index in [1.807, 2.05) is 30.6 Å². The first kappa shape index (κ1) is 15.4. The Morgan fingerprint density at radius 2 is 1.90 bits per heavy atom. The van der Waals surface area contributed by atoms with E-state index < -0.39 is 0 Å². The summed E-state index contributed by atoms with van der Waals surface area (Å²) >= 11 is 0. The third-order valence-electron chi connectivity index (χ3n) is 3.27. The Balaban J connectivity index is 1.86. The molecule has 2 aromatic rings. The Morgan fingerprint density at radius 1 is 1.10 bits per heavy atom. The molecule has 0 fully saturated rings. The Labute approximate surface area is 126 Å². The summed E-state index contributed by atoms with van der Waals surface area (Å²) in [6.45, 7) is 3.33. The molecule has 4 nitrogen and oxygen atoms in total. The largest absolute Gasteiger partial charge is 0.478 e. The van der Waals surface area contributed by atoms with Crippen molar-refractivity contribution in [1.29, 1.82) is 0 Å². The molecule has 2 heterocycles. The van der Waals surface area contributed by atoms with Crippen LogP contribution in [0.3, 0.4) is 0 Å². The molecule has 0 saturated carbocycles. The van der Waals surface area contributed by atoms with Crippen LogP contribution in [0, 0.1) is 0 Å². The van der Waals surface area contributed by atoms with Gasteiger partial charge in [0.05, 0.1) is 6.61 Å². The van der Waals surface area contributed by atoms with Crippen LogP contribution in [-0.4, -0.2) is 16.6 Å². The van der Waals surface area contributed by atoms with E-state index in [0.29, 0.717) is 19.0 Å². The van der Waals surface area contributed by atoms with Crippen molar-refractivity contribution in [2.75, 3.05) is 6.61 Å². The van der Waals surface area contributed by atoms with E-state index in [1.54, 1.807) is 0 Å². The van der Waals surface area contributed by atoms with Crippen molar-refractivity contribution in [2.45, 2.75) is 39.2 Å². The second kappa shape index (κ2) is 8.37. The number of ether oxygens (including phenoxy) is 1. The maximum atomic E-state index is 5.77. The first-order valence-corrected chi connectivity index (χ1v) is 7.53. The monoisotopic (exact) mass is 285 g/mol. The van der Waals surface area contributed by atoms with Crippen LogP contribution in [0.5, 0.6) is 5.88 Å². The van der Waals surface area contributed by atoms with Crippen molar-refractivity contribution < 1.29 is 4.74 Å². The highest BCUT2D eigenvalue weighted by Crippen LogP contribution is 2.14. The Morgan fingerprint density at radius 3 is 2.62 bits per heavy atom.